The zero-order valence-electron chi connectivity index (χ0n) is 19.7. The van der Waals surface area contributed by atoms with Gasteiger partial charge in [-0.2, -0.15) is 18.3 Å². The molecule has 2 aromatic heterocycles. The number of benzene rings is 2. The molecule has 1 unspecified atom stereocenters. The van der Waals surface area contributed by atoms with Crippen molar-refractivity contribution in [3.05, 3.63) is 106 Å². The molecular formula is C26H22F4N6OS. The van der Waals surface area contributed by atoms with Crippen LogP contribution >= 0.6 is 11.3 Å². The molecule has 0 bridgehead atoms. The molecule has 0 saturated heterocycles. The molecule has 2 aromatic carbocycles. The van der Waals surface area contributed by atoms with Gasteiger partial charge in [-0.25, -0.2) is 14.1 Å². The normalized spacial score (nSPS) is 14.0. The van der Waals surface area contributed by atoms with Gasteiger partial charge in [0.05, 0.1) is 17.4 Å². The summed E-state index contributed by atoms with van der Waals surface area (Å²) < 4.78 is 56.2. The standard InChI is InChI=1S/C26H22F4N6OS/c27-19-7-6-17(23(25-32-8-9-38-25)33-14-15-4-5-15)11-20(19)34-24(37)21-12-22(26(28,29)30)35-36(21)18-3-1-2-16(10-18)13-31/h1-12,15,23,33H,13-14,31H2,(H,34,37). The molecule has 38 heavy (non-hydrogen) atoms. The number of thiazole rings is 1. The van der Waals surface area contributed by atoms with Crippen LogP contribution in [0.3, 0.4) is 0 Å². The number of hydrogen-bond acceptors (Lipinski definition) is 6. The van der Waals surface area contributed by atoms with Gasteiger partial charge in [0.15, 0.2) is 5.69 Å². The largest absolute Gasteiger partial charge is 0.435 e. The van der Waals surface area contributed by atoms with E-state index < -0.39 is 29.3 Å². The number of aromatic nitrogens is 3. The summed E-state index contributed by atoms with van der Waals surface area (Å²) in [4.78, 5) is 17.6. The Kier molecular flexibility index (Phi) is 7.11. The maximum Gasteiger partial charge on any atom is 0.435 e. The summed E-state index contributed by atoms with van der Waals surface area (Å²) >= 11 is 1.42. The fourth-order valence-electron chi connectivity index (χ4n) is 3.89. The number of alkyl halides is 3. The summed E-state index contributed by atoms with van der Waals surface area (Å²) in [6.45, 7) is 0.802. The van der Waals surface area contributed by atoms with Crippen LogP contribution in [0.5, 0.6) is 0 Å². The number of amides is 1. The van der Waals surface area contributed by atoms with E-state index in [1.807, 2.05) is 17.5 Å². The van der Waals surface area contributed by atoms with Crippen molar-refractivity contribution in [3.8, 4) is 5.69 Å². The molecular weight excluding hydrogens is 520 g/mol. The number of carbonyl (C=O) groups excluding carboxylic acids is 1. The first kappa shape index (κ1) is 25.8. The van der Waals surface area contributed by atoms with Crippen LogP contribution < -0.4 is 16.4 Å². The van der Waals surface area contributed by atoms with E-state index >= 15 is 0 Å². The third-order valence-electron chi connectivity index (χ3n) is 5.92. The molecule has 196 valence electrons. The molecule has 12 heteroatoms. The van der Waals surface area contributed by atoms with Gasteiger partial charge in [0, 0.05) is 36.7 Å². The minimum absolute atomic E-state index is 0.145. The smallest absolute Gasteiger partial charge is 0.326 e. The average molecular weight is 543 g/mol. The molecule has 0 fully saturated rings. The summed E-state index contributed by atoms with van der Waals surface area (Å²) in [6, 6.07) is 10.8. The zero-order valence-corrected chi connectivity index (χ0v) is 20.6. The zero-order chi connectivity index (χ0) is 26.9. The van der Waals surface area contributed by atoms with Gasteiger partial charge < -0.3 is 16.4 Å². The highest BCUT2D eigenvalue weighted by atomic mass is 32.1. The van der Waals surface area contributed by atoms with Gasteiger partial charge >= 0.3 is 6.18 Å². The summed E-state index contributed by atoms with van der Waals surface area (Å²) in [7, 11) is 0. The molecule has 0 saturated carbocycles. The Balaban J connectivity index is 1.47. The first-order valence-electron chi connectivity index (χ1n) is 11.6. The minimum atomic E-state index is -4.79. The minimum Gasteiger partial charge on any atom is -0.326 e. The van der Waals surface area contributed by atoms with Gasteiger partial charge in [0.25, 0.3) is 5.91 Å². The Morgan fingerprint density at radius 2 is 1.97 bits per heavy atom. The number of rotatable bonds is 9. The molecule has 1 amide bonds. The van der Waals surface area contributed by atoms with Crippen molar-refractivity contribution in [2.24, 2.45) is 11.7 Å². The third kappa shape index (κ3) is 5.67. The fourth-order valence-corrected chi connectivity index (χ4v) is 4.63. The fraction of sp³-hybridized carbons (Fsp3) is 0.192. The molecule has 2 heterocycles. The monoisotopic (exact) mass is 542 g/mol. The molecule has 0 radical (unpaired) electrons. The second kappa shape index (κ2) is 10.5. The third-order valence-corrected chi connectivity index (χ3v) is 6.76. The number of nitrogens with two attached hydrogens (primary N) is 1. The number of nitrogens with one attached hydrogen (secondary N) is 2. The lowest BCUT2D eigenvalue weighted by Crippen LogP contribution is -2.25. The number of hydrogen-bond donors (Lipinski definition) is 3. The maximum absolute atomic E-state index is 14.8. The average Bonchev–Trinajstić information content (AvgIpc) is 3.36. The predicted octanol–water partition coefficient (Wildman–Crippen LogP) is 5.06. The highest BCUT2D eigenvalue weighted by Gasteiger charge is 2.36. The lowest BCUT2D eigenvalue weighted by atomic mass is 10.1. The number of carbonyl (C=O) groups is 1. The quantitative estimate of drug-likeness (QED) is 0.203. The molecule has 5 rings (SSSR count). The molecule has 1 atom stereocenters. The van der Waals surface area contributed by atoms with Gasteiger partial charge in [-0.1, -0.05) is 30.4 Å². The van der Waals surface area contributed by atoms with Crippen molar-refractivity contribution in [2.45, 2.75) is 18.8 Å². The van der Waals surface area contributed by atoms with Crippen LogP contribution in [0.4, 0.5) is 23.2 Å². The topological polar surface area (TPSA) is 97.9 Å². The second-order valence-electron chi connectivity index (χ2n) is 8.65. The molecule has 1 aliphatic carbocycles. The number of halogens is 4. The van der Waals surface area contributed by atoms with Crippen molar-refractivity contribution in [2.75, 3.05) is 11.9 Å². The first-order valence-corrected chi connectivity index (χ1v) is 12.5. The van der Waals surface area contributed by atoms with Crippen LogP contribution in [0.15, 0.2) is 72.3 Å². The van der Waals surface area contributed by atoms with Crippen LogP contribution in [-0.2, 0) is 12.7 Å². The second-order valence-corrected chi connectivity index (χ2v) is 9.58. The molecule has 4 aromatic rings. The number of anilines is 1. The first-order chi connectivity index (χ1) is 18.2. The number of nitrogens with zero attached hydrogens (tertiary/aromatic N) is 3. The molecule has 0 aliphatic heterocycles. The SMILES string of the molecule is NCc1cccc(-n2nc(C(F)(F)F)cc2C(=O)Nc2cc(C(NCC3C=C3)c3nccs3)ccc2F)c1. The van der Waals surface area contributed by atoms with E-state index in [4.69, 9.17) is 5.73 Å². The van der Waals surface area contributed by atoms with Gasteiger partial charge in [-0.15, -0.1) is 11.3 Å². The van der Waals surface area contributed by atoms with Crippen molar-refractivity contribution in [1.29, 1.82) is 0 Å². The molecule has 1 aliphatic rings. The highest BCUT2D eigenvalue weighted by Crippen LogP contribution is 2.31. The van der Waals surface area contributed by atoms with E-state index in [9.17, 15) is 22.4 Å². The Bertz CT molecular complexity index is 1480. The van der Waals surface area contributed by atoms with Crippen LogP contribution in [0.2, 0.25) is 0 Å². The van der Waals surface area contributed by atoms with Crippen LogP contribution in [-0.4, -0.2) is 27.2 Å². The van der Waals surface area contributed by atoms with E-state index in [2.05, 4.69) is 20.7 Å². The van der Waals surface area contributed by atoms with E-state index in [1.165, 1.54) is 35.6 Å². The van der Waals surface area contributed by atoms with Gasteiger partial charge in [-0.05, 0) is 35.4 Å². The van der Waals surface area contributed by atoms with Crippen molar-refractivity contribution in [3.63, 3.8) is 0 Å². The summed E-state index contributed by atoms with van der Waals surface area (Å²) in [5.74, 6) is -1.36. The van der Waals surface area contributed by atoms with Crippen LogP contribution in [0, 0.1) is 11.7 Å². The molecule has 0 spiro atoms. The van der Waals surface area contributed by atoms with E-state index in [-0.39, 0.29) is 24.0 Å². The van der Waals surface area contributed by atoms with Crippen LogP contribution in [0.25, 0.3) is 5.69 Å². The van der Waals surface area contributed by atoms with Gasteiger partial charge in [-0.3, -0.25) is 4.79 Å². The Labute approximate surface area is 219 Å². The summed E-state index contributed by atoms with van der Waals surface area (Å²) in [5, 5.41) is 12.0. The van der Waals surface area contributed by atoms with E-state index in [1.54, 1.807) is 24.4 Å². The Morgan fingerprint density at radius 3 is 2.66 bits per heavy atom. The predicted molar refractivity (Wildman–Crippen MR) is 135 cm³/mol. The maximum atomic E-state index is 14.8. The van der Waals surface area contributed by atoms with Crippen LogP contribution in [0.1, 0.15) is 38.4 Å². The van der Waals surface area contributed by atoms with Gasteiger partial charge in [0.2, 0.25) is 0 Å². The van der Waals surface area contributed by atoms with E-state index in [0.717, 1.165) is 9.69 Å². The summed E-state index contributed by atoms with van der Waals surface area (Å²) in [6.07, 6.45) is 0.961. The Morgan fingerprint density at radius 1 is 1.16 bits per heavy atom. The van der Waals surface area contributed by atoms with Gasteiger partial charge in [0.1, 0.15) is 16.5 Å². The van der Waals surface area contributed by atoms with Crippen molar-refractivity contribution in [1.82, 2.24) is 20.1 Å². The van der Waals surface area contributed by atoms with Crippen molar-refractivity contribution >= 4 is 22.9 Å². The van der Waals surface area contributed by atoms with E-state index in [0.29, 0.717) is 29.7 Å². The van der Waals surface area contributed by atoms with Crippen molar-refractivity contribution < 1.29 is 22.4 Å². The Hall–Kier alpha value is -3.87. The lowest BCUT2D eigenvalue weighted by Gasteiger charge is -2.18. The lowest BCUT2D eigenvalue weighted by molar-refractivity contribution is -0.141. The molecule has 4 N–H and O–H groups in total. The molecule has 7 nitrogen and oxygen atoms in total. The summed E-state index contributed by atoms with van der Waals surface area (Å²) in [5.41, 5.74) is 5.30. The highest BCUT2D eigenvalue weighted by molar-refractivity contribution is 7.09.